The number of nitrogens with zero attached hydrogens (tertiary/aromatic N) is 1. The van der Waals surface area contributed by atoms with Crippen molar-refractivity contribution in [3.8, 4) is 0 Å². The third kappa shape index (κ3) is 14.5. The lowest BCUT2D eigenvalue weighted by Crippen LogP contribution is -2.25. The van der Waals surface area contributed by atoms with Crippen LogP contribution in [0.15, 0.2) is 0 Å². The highest BCUT2D eigenvalue weighted by Crippen LogP contribution is 1.94. The summed E-state index contributed by atoms with van der Waals surface area (Å²) in [6.45, 7) is 10.6. The molecule has 4 heteroatoms. The molecule has 0 aromatic heterocycles. The van der Waals surface area contributed by atoms with Crippen molar-refractivity contribution < 1.29 is 5.11 Å². The molecular weight excluding hydrogens is 245 g/mol. The molecule has 2 nitrogen and oxygen atoms in total. The molecule has 0 heterocycles. The van der Waals surface area contributed by atoms with E-state index in [1.807, 2.05) is 0 Å². The molecule has 0 radical (unpaired) electrons. The van der Waals surface area contributed by atoms with Crippen molar-refractivity contribution >= 4 is 23.2 Å². The van der Waals surface area contributed by atoms with Gasteiger partial charge < -0.3 is 10.0 Å². The van der Waals surface area contributed by atoms with Gasteiger partial charge in [0.25, 0.3) is 0 Å². The summed E-state index contributed by atoms with van der Waals surface area (Å²) in [5.41, 5.74) is 0. The highest BCUT2D eigenvalue weighted by Gasteiger charge is 1.98. The maximum atomic E-state index is 8.40. The van der Waals surface area contributed by atoms with E-state index in [1.165, 1.54) is 38.9 Å². The molecule has 16 heavy (non-hydrogen) atoms. The largest absolute Gasteiger partial charge is 0.391 e. The minimum absolute atomic E-state index is 0.226. The second-order valence-electron chi connectivity index (χ2n) is 3.80. The Labute approximate surface area is 111 Å². The van der Waals surface area contributed by atoms with Gasteiger partial charge in [-0.2, -0.15) is 0 Å². The maximum absolute atomic E-state index is 8.40. The molecule has 0 unspecified atom stereocenters. The highest BCUT2D eigenvalue weighted by molar-refractivity contribution is 6.21. The Balaban J connectivity index is 0. The summed E-state index contributed by atoms with van der Waals surface area (Å²) in [5, 5.41) is 8.40. The summed E-state index contributed by atoms with van der Waals surface area (Å²) in [7, 11) is 0. The molecule has 0 spiro atoms. The summed E-state index contributed by atoms with van der Waals surface area (Å²) in [5.74, 6) is 0.451. The van der Waals surface area contributed by atoms with Crippen LogP contribution in [0, 0.1) is 0 Å². The first-order chi connectivity index (χ1) is 7.65. The molecule has 100 valence electrons. The molecule has 1 N–H and O–H groups in total. The Morgan fingerprint density at radius 2 is 1.19 bits per heavy atom. The van der Waals surface area contributed by atoms with E-state index in [1.54, 1.807) is 0 Å². The van der Waals surface area contributed by atoms with Crippen LogP contribution >= 0.6 is 23.2 Å². The van der Waals surface area contributed by atoms with Gasteiger partial charge >= 0.3 is 0 Å². The molecule has 0 aliphatic rings. The van der Waals surface area contributed by atoms with Crippen LogP contribution in [0.2, 0.25) is 0 Å². The summed E-state index contributed by atoms with van der Waals surface area (Å²) >= 11 is 10.2. The summed E-state index contributed by atoms with van der Waals surface area (Å²) < 4.78 is 0. The van der Waals surface area contributed by atoms with E-state index < -0.39 is 6.10 Å². The van der Waals surface area contributed by atoms with Crippen molar-refractivity contribution in [3.63, 3.8) is 0 Å². The van der Waals surface area contributed by atoms with Crippen LogP contribution in [0.3, 0.4) is 0 Å². The van der Waals surface area contributed by atoms with Gasteiger partial charge in [-0.15, -0.1) is 23.2 Å². The molecular formula is C12H27Cl2NO. The normalized spacial score (nSPS) is 10.5. The van der Waals surface area contributed by atoms with E-state index in [4.69, 9.17) is 28.3 Å². The zero-order valence-electron chi connectivity index (χ0n) is 10.9. The lowest BCUT2D eigenvalue weighted by atomic mass is 10.3. The van der Waals surface area contributed by atoms with Crippen molar-refractivity contribution in [2.75, 3.05) is 31.4 Å². The number of aliphatic hydroxyl groups is 1. The highest BCUT2D eigenvalue weighted by atomic mass is 35.5. The standard InChI is InChI=1S/C9H21N.C3H6Cl2O/c1-4-7-10(8-5-2)9-6-3;4-1-3(6)2-5/h4-9H2,1-3H3;3,6H,1-2H2. The van der Waals surface area contributed by atoms with Gasteiger partial charge in [0.05, 0.1) is 6.10 Å². The number of halogens is 2. The van der Waals surface area contributed by atoms with Crippen molar-refractivity contribution in [1.82, 2.24) is 4.90 Å². The minimum atomic E-state index is -0.534. The Hall–Kier alpha value is 0.500. The Bertz CT molecular complexity index is 107. The molecule has 0 saturated carbocycles. The number of hydrogen-bond donors (Lipinski definition) is 1. The fraction of sp³-hybridized carbons (Fsp3) is 1.00. The van der Waals surface area contributed by atoms with E-state index in [9.17, 15) is 0 Å². The SMILES string of the molecule is CCCN(CCC)CCC.OC(CCl)CCl. The van der Waals surface area contributed by atoms with E-state index in [0.717, 1.165) is 0 Å². The van der Waals surface area contributed by atoms with Crippen LogP contribution in [-0.4, -0.2) is 47.5 Å². The smallest absolute Gasteiger partial charge is 0.0810 e. The molecule has 0 aliphatic heterocycles. The van der Waals surface area contributed by atoms with Crippen LogP contribution in [-0.2, 0) is 0 Å². The van der Waals surface area contributed by atoms with Crippen LogP contribution < -0.4 is 0 Å². The van der Waals surface area contributed by atoms with E-state index in [2.05, 4.69) is 25.7 Å². The maximum Gasteiger partial charge on any atom is 0.0810 e. The van der Waals surface area contributed by atoms with Gasteiger partial charge in [0, 0.05) is 11.8 Å². The van der Waals surface area contributed by atoms with Crippen molar-refractivity contribution in [1.29, 1.82) is 0 Å². The average Bonchev–Trinajstić information content (AvgIpc) is 2.30. The van der Waals surface area contributed by atoms with Crippen LogP contribution in [0.5, 0.6) is 0 Å². The topological polar surface area (TPSA) is 23.5 Å². The third-order valence-electron chi connectivity index (χ3n) is 1.98. The van der Waals surface area contributed by atoms with Gasteiger partial charge in [-0.1, -0.05) is 20.8 Å². The molecule has 0 aromatic carbocycles. The van der Waals surface area contributed by atoms with Gasteiger partial charge in [-0.25, -0.2) is 0 Å². The first-order valence-corrected chi connectivity index (χ1v) is 7.25. The quantitative estimate of drug-likeness (QED) is 0.685. The summed E-state index contributed by atoms with van der Waals surface area (Å²) in [6.07, 6.45) is 3.34. The zero-order valence-corrected chi connectivity index (χ0v) is 12.4. The number of hydrogen-bond acceptors (Lipinski definition) is 2. The fourth-order valence-electron chi connectivity index (χ4n) is 1.33. The van der Waals surface area contributed by atoms with Gasteiger partial charge in [-0.05, 0) is 38.9 Å². The van der Waals surface area contributed by atoms with E-state index in [0.29, 0.717) is 0 Å². The van der Waals surface area contributed by atoms with Crippen molar-refractivity contribution in [2.24, 2.45) is 0 Å². The van der Waals surface area contributed by atoms with E-state index in [-0.39, 0.29) is 11.8 Å². The van der Waals surface area contributed by atoms with Gasteiger partial charge in [0.15, 0.2) is 0 Å². The molecule has 0 aromatic rings. The zero-order chi connectivity index (χ0) is 12.8. The molecule has 0 rings (SSSR count). The second-order valence-corrected chi connectivity index (χ2v) is 4.42. The van der Waals surface area contributed by atoms with Crippen molar-refractivity contribution in [2.45, 2.75) is 46.1 Å². The second kappa shape index (κ2) is 15.5. The monoisotopic (exact) mass is 271 g/mol. The predicted octanol–water partition coefficient (Wildman–Crippen LogP) is 3.34. The molecule has 0 atom stereocenters. The van der Waals surface area contributed by atoms with Crippen molar-refractivity contribution in [3.05, 3.63) is 0 Å². The van der Waals surface area contributed by atoms with E-state index >= 15 is 0 Å². The molecule has 0 fully saturated rings. The van der Waals surface area contributed by atoms with Gasteiger partial charge in [0.1, 0.15) is 0 Å². The van der Waals surface area contributed by atoms with Crippen LogP contribution in [0.1, 0.15) is 40.0 Å². The molecule has 0 aliphatic carbocycles. The first kappa shape index (κ1) is 18.9. The lowest BCUT2D eigenvalue weighted by Gasteiger charge is -2.19. The molecule has 0 saturated heterocycles. The Morgan fingerprint density at radius 3 is 1.31 bits per heavy atom. The average molecular weight is 272 g/mol. The minimum Gasteiger partial charge on any atom is -0.391 e. The summed E-state index contributed by atoms with van der Waals surface area (Å²) in [4.78, 5) is 2.54. The Morgan fingerprint density at radius 1 is 0.875 bits per heavy atom. The number of aliphatic hydroxyl groups excluding tert-OH is 1. The van der Waals surface area contributed by atoms with Gasteiger partial charge in [0.2, 0.25) is 0 Å². The Kier molecular flexibility index (Phi) is 18.3. The third-order valence-corrected chi connectivity index (χ3v) is 2.69. The summed E-state index contributed by atoms with van der Waals surface area (Å²) in [6, 6.07) is 0. The first-order valence-electron chi connectivity index (χ1n) is 6.18. The lowest BCUT2D eigenvalue weighted by molar-refractivity contribution is 0.222. The van der Waals surface area contributed by atoms with Gasteiger partial charge in [-0.3, -0.25) is 0 Å². The van der Waals surface area contributed by atoms with Crippen LogP contribution in [0.4, 0.5) is 0 Å². The molecule has 0 amide bonds. The predicted molar refractivity (Wildman–Crippen MR) is 74.8 cm³/mol. The fourth-order valence-corrected chi connectivity index (χ4v) is 1.66. The number of rotatable bonds is 8. The number of alkyl halides is 2. The van der Waals surface area contributed by atoms with Crippen LogP contribution in [0.25, 0.3) is 0 Å². The molecule has 0 bridgehead atoms.